The van der Waals surface area contributed by atoms with E-state index in [1.165, 1.54) is 17.4 Å². The van der Waals surface area contributed by atoms with Crippen LogP contribution in [0.2, 0.25) is 0 Å². The van der Waals surface area contributed by atoms with Crippen LogP contribution in [0.15, 0.2) is 17.5 Å². The Balaban J connectivity index is 2.19. The van der Waals surface area contributed by atoms with Crippen molar-refractivity contribution in [3.05, 3.63) is 28.0 Å². The zero-order valence-corrected chi connectivity index (χ0v) is 11.9. The van der Waals surface area contributed by atoms with E-state index in [0.717, 1.165) is 15.9 Å². The number of hydrogen-bond acceptors (Lipinski definition) is 4. The number of carboxylic acid groups (broad SMARTS) is 1. The molecule has 0 bridgehead atoms. The molecule has 0 saturated carbocycles. The molecule has 0 aromatic carbocycles. The summed E-state index contributed by atoms with van der Waals surface area (Å²) in [6.45, 7) is 3.44. The lowest BCUT2D eigenvalue weighted by atomic mass is 10.1. The number of carboxylic acids is 1. The second-order valence-electron chi connectivity index (χ2n) is 4.92. The van der Waals surface area contributed by atoms with Crippen molar-refractivity contribution in [3.63, 3.8) is 0 Å². The predicted molar refractivity (Wildman–Crippen MR) is 74.1 cm³/mol. The summed E-state index contributed by atoms with van der Waals surface area (Å²) in [5.74, 6) is -1.33. The van der Waals surface area contributed by atoms with Crippen LogP contribution in [0.25, 0.3) is 6.08 Å². The van der Waals surface area contributed by atoms with Crippen LogP contribution in [0.3, 0.4) is 0 Å². The molecule has 1 saturated heterocycles. The van der Waals surface area contributed by atoms with Gasteiger partial charge in [0.15, 0.2) is 0 Å². The van der Waals surface area contributed by atoms with Gasteiger partial charge in [-0.15, -0.1) is 11.3 Å². The van der Waals surface area contributed by atoms with Crippen LogP contribution in [0.1, 0.15) is 24.3 Å². The van der Waals surface area contributed by atoms with Crippen LogP contribution >= 0.6 is 11.3 Å². The van der Waals surface area contributed by atoms with Gasteiger partial charge in [-0.2, -0.15) is 0 Å². The van der Waals surface area contributed by atoms with E-state index in [-0.39, 0.29) is 12.5 Å². The third-order valence-corrected chi connectivity index (χ3v) is 3.85. The Kier molecular flexibility index (Phi) is 3.63. The number of carbonyl (C=O) groups excluding carboxylic acids is 2. The zero-order valence-electron chi connectivity index (χ0n) is 11.0. The number of aliphatic carboxylic acids is 1. The van der Waals surface area contributed by atoms with E-state index < -0.39 is 17.5 Å². The van der Waals surface area contributed by atoms with E-state index in [2.05, 4.69) is 5.32 Å². The summed E-state index contributed by atoms with van der Waals surface area (Å²) in [4.78, 5) is 36.3. The van der Waals surface area contributed by atoms with Gasteiger partial charge in [0.1, 0.15) is 5.54 Å². The van der Waals surface area contributed by atoms with Gasteiger partial charge < -0.3 is 10.4 Å². The molecule has 0 aliphatic carbocycles. The van der Waals surface area contributed by atoms with Gasteiger partial charge in [0.2, 0.25) is 0 Å². The number of amides is 3. The molecule has 20 heavy (non-hydrogen) atoms. The maximum absolute atomic E-state index is 12.1. The molecule has 0 spiro atoms. The largest absolute Gasteiger partial charge is 0.478 e. The summed E-state index contributed by atoms with van der Waals surface area (Å²) >= 11 is 1.37. The van der Waals surface area contributed by atoms with Gasteiger partial charge in [0.25, 0.3) is 5.91 Å². The topological polar surface area (TPSA) is 86.7 Å². The molecule has 1 aromatic heterocycles. The van der Waals surface area contributed by atoms with Crippen molar-refractivity contribution in [2.75, 3.05) is 0 Å². The fourth-order valence-corrected chi connectivity index (χ4v) is 2.75. The molecule has 0 unspecified atom stereocenters. The SMILES string of the molecule is CC1(C)NC(=O)N(Cc2sccc2C=CC(=O)O)C1=O. The Morgan fingerprint density at radius 2 is 2.20 bits per heavy atom. The van der Waals surface area contributed by atoms with Crippen molar-refractivity contribution in [2.24, 2.45) is 0 Å². The Labute approximate surface area is 119 Å². The van der Waals surface area contributed by atoms with Crippen LogP contribution in [-0.2, 0) is 16.1 Å². The monoisotopic (exact) mass is 294 g/mol. The van der Waals surface area contributed by atoms with Gasteiger partial charge in [-0.05, 0) is 36.9 Å². The van der Waals surface area contributed by atoms with Gasteiger partial charge in [-0.1, -0.05) is 0 Å². The number of nitrogens with zero attached hydrogens (tertiary/aromatic N) is 1. The predicted octanol–water partition coefficient (Wildman–Crippen LogP) is 1.68. The summed E-state index contributed by atoms with van der Waals surface area (Å²) in [7, 11) is 0. The first kappa shape index (κ1) is 14.3. The van der Waals surface area contributed by atoms with Crippen LogP contribution in [0.5, 0.6) is 0 Å². The van der Waals surface area contributed by atoms with E-state index in [1.807, 2.05) is 0 Å². The Hall–Kier alpha value is -2.15. The minimum Gasteiger partial charge on any atom is -0.478 e. The van der Waals surface area contributed by atoms with E-state index in [1.54, 1.807) is 25.3 Å². The Bertz CT molecular complexity index is 603. The van der Waals surface area contributed by atoms with E-state index in [9.17, 15) is 14.4 Å². The molecule has 6 nitrogen and oxygen atoms in total. The number of nitrogens with one attached hydrogen (secondary N) is 1. The molecule has 7 heteroatoms. The lowest BCUT2D eigenvalue weighted by Crippen LogP contribution is -2.40. The fourth-order valence-electron chi connectivity index (χ4n) is 1.89. The molecule has 0 radical (unpaired) electrons. The summed E-state index contributed by atoms with van der Waals surface area (Å²) < 4.78 is 0. The summed E-state index contributed by atoms with van der Waals surface area (Å²) in [6, 6.07) is 1.32. The van der Waals surface area contributed by atoms with Crippen molar-refractivity contribution in [1.29, 1.82) is 0 Å². The highest BCUT2D eigenvalue weighted by Gasteiger charge is 2.44. The van der Waals surface area contributed by atoms with Crippen LogP contribution < -0.4 is 5.32 Å². The first-order valence-electron chi connectivity index (χ1n) is 5.93. The number of hydrogen-bond donors (Lipinski definition) is 2. The molecule has 106 valence electrons. The number of imide groups is 1. The summed E-state index contributed by atoms with van der Waals surface area (Å²) in [5.41, 5.74) is -0.200. The molecule has 1 fully saturated rings. The second kappa shape index (κ2) is 5.09. The highest BCUT2D eigenvalue weighted by molar-refractivity contribution is 7.10. The number of rotatable bonds is 4. The molecule has 3 amide bonds. The van der Waals surface area contributed by atoms with E-state index in [4.69, 9.17) is 5.11 Å². The Morgan fingerprint density at radius 3 is 2.75 bits per heavy atom. The lowest BCUT2D eigenvalue weighted by Gasteiger charge is -2.15. The molecule has 2 rings (SSSR count). The van der Waals surface area contributed by atoms with Gasteiger partial charge in [-0.3, -0.25) is 9.69 Å². The van der Waals surface area contributed by atoms with Crippen molar-refractivity contribution in [3.8, 4) is 0 Å². The first-order valence-corrected chi connectivity index (χ1v) is 6.81. The second-order valence-corrected chi connectivity index (χ2v) is 5.92. The minimum atomic E-state index is -1.04. The first-order chi connectivity index (χ1) is 9.31. The lowest BCUT2D eigenvalue weighted by molar-refractivity contribution is -0.131. The van der Waals surface area contributed by atoms with E-state index in [0.29, 0.717) is 5.56 Å². The Morgan fingerprint density at radius 1 is 1.50 bits per heavy atom. The number of carbonyl (C=O) groups is 3. The van der Waals surface area contributed by atoms with Gasteiger partial charge in [0, 0.05) is 11.0 Å². The van der Waals surface area contributed by atoms with Gasteiger partial charge >= 0.3 is 12.0 Å². The third kappa shape index (κ3) is 2.72. The maximum Gasteiger partial charge on any atom is 0.328 e. The normalized spacial score (nSPS) is 17.8. The average Bonchev–Trinajstić information content (AvgIpc) is 2.85. The molecule has 1 aliphatic heterocycles. The smallest absolute Gasteiger partial charge is 0.328 e. The molecular weight excluding hydrogens is 280 g/mol. The van der Waals surface area contributed by atoms with Crippen molar-refractivity contribution in [2.45, 2.75) is 25.9 Å². The van der Waals surface area contributed by atoms with Crippen LogP contribution in [-0.4, -0.2) is 33.5 Å². The maximum atomic E-state index is 12.1. The average molecular weight is 294 g/mol. The zero-order chi connectivity index (χ0) is 14.9. The quantitative estimate of drug-likeness (QED) is 0.653. The highest BCUT2D eigenvalue weighted by atomic mass is 32.1. The van der Waals surface area contributed by atoms with Crippen LogP contribution in [0, 0.1) is 0 Å². The van der Waals surface area contributed by atoms with Crippen molar-refractivity contribution in [1.82, 2.24) is 10.2 Å². The number of urea groups is 1. The summed E-state index contributed by atoms with van der Waals surface area (Å²) in [6.07, 6.45) is 2.49. The highest BCUT2D eigenvalue weighted by Crippen LogP contribution is 2.24. The van der Waals surface area contributed by atoms with Crippen molar-refractivity contribution >= 4 is 35.3 Å². The molecular formula is C13H14N2O4S. The van der Waals surface area contributed by atoms with E-state index >= 15 is 0 Å². The molecule has 1 aromatic rings. The molecule has 2 N–H and O–H groups in total. The van der Waals surface area contributed by atoms with Crippen LogP contribution in [0.4, 0.5) is 4.79 Å². The molecule has 0 atom stereocenters. The molecule has 1 aliphatic rings. The van der Waals surface area contributed by atoms with Gasteiger partial charge in [0.05, 0.1) is 6.54 Å². The minimum absolute atomic E-state index is 0.144. The molecule has 2 heterocycles. The van der Waals surface area contributed by atoms with Gasteiger partial charge in [-0.25, -0.2) is 9.59 Å². The standard InChI is InChI=1S/C13H14N2O4S/c1-13(2)11(18)15(12(19)14-13)7-9-8(5-6-20-9)3-4-10(16)17/h3-6H,7H2,1-2H3,(H,14,19)(H,16,17). The number of thiophene rings is 1. The third-order valence-electron chi connectivity index (χ3n) is 2.93. The van der Waals surface area contributed by atoms with Crippen molar-refractivity contribution < 1.29 is 19.5 Å². The fraction of sp³-hybridized carbons (Fsp3) is 0.308. The summed E-state index contributed by atoms with van der Waals surface area (Å²) in [5, 5.41) is 13.0.